The Bertz CT molecular complexity index is 417. The Labute approximate surface area is 125 Å². The van der Waals surface area contributed by atoms with Crippen molar-refractivity contribution in [3.05, 3.63) is 28.8 Å². The van der Waals surface area contributed by atoms with E-state index in [-0.39, 0.29) is 0 Å². The molecule has 0 spiro atoms. The number of benzene rings is 1. The molecule has 1 aromatic rings. The lowest BCUT2D eigenvalue weighted by molar-refractivity contribution is 0.589. The zero-order valence-electron chi connectivity index (χ0n) is 11.9. The van der Waals surface area contributed by atoms with E-state index < -0.39 is 0 Å². The lowest BCUT2D eigenvalue weighted by Gasteiger charge is -2.27. The quantitative estimate of drug-likeness (QED) is 0.890. The summed E-state index contributed by atoms with van der Waals surface area (Å²) >= 11 is 8.47. The molecule has 1 heterocycles. The molecule has 0 saturated carbocycles. The summed E-state index contributed by atoms with van der Waals surface area (Å²) in [4.78, 5) is 2.34. The van der Waals surface area contributed by atoms with E-state index in [9.17, 15) is 0 Å². The number of halogens is 1. The molecule has 1 unspecified atom stereocenters. The number of hydrogen-bond acceptors (Lipinski definition) is 3. The minimum Gasteiger partial charge on any atom is -0.370 e. The number of nitrogens with one attached hydrogen (secondary N) is 1. The van der Waals surface area contributed by atoms with Crippen LogP contribution >= 0.6 is 23.4 Å². The molecule has 2 nitrogen and oxygen atoms in total. The Morgan fingerprint density at radius 1 is 1.47 bits per heavy atom. The highest BCUT2D eigenvalue weighted by Gasteiger charge is 2.21. The van der Waals surface area contributed by atoms with Gasteiger partial charge in [-0.05, 0) is 29.9 Å². The monoisotopic (exact) mass is 298 g/mol. The van der Waals surface area contributed by atoms with E-state index in [1.807, 2.05) is 11.8 Å². The van der Waals surface area contributed by atoms with Gasteiger partial charge in [-0.2, -0.15) is 11.8 Å². The maximum Gasteiger partial charge on any atom is 0.0642 e. The maximum absolute atomic E-state index is 6.44. The third kappa shape index (κ3) is 4.04. The van der Waals surface area contributed by atoms with Crippen molar-refractivity contribution in [2.24, 2.45) is 0 Å². The summed E-state index contributed by atoms with van der Waals surface area (Å²) in [6, 6.07) is 7.54. The summed E-state index contributed by atoms with van der Waals surface area (Å²) in [7, 11) is 2.16. The topological polar surface area (TPSA) is 15.3 Å². The van der Waals surface area contributed by atoms with Gasteiger partial charge in [0.15, 0.2) is 0 Å². The molecule has 1 fully saturated rings. The maximum atomic E-state index is 6.44. The van der Waals surface area contributed by atoms with Gasteiger partial charge in [0.05, 0.1) is 10.7 Å². The molecule has 0 amide bonds. The predicted octanol–water partition coefficient (Wildman–Crippen LogP) is 3.78. The Morgan fingerprint density at radius 2 is 2.26 bits per heavy atom. The average Bonchev–Trinajstić information content (AvgIpc) is 2.89. The second-order valence-electron chi connectivity index (χ2n) is 5.45. The molecule has 1 aliphatic heterocycles. The Hall–Kier alpha value is -0.380. The number of hydrogen-bond donors (Lipinski definition) is 1. The van der Waals surface area contributed by atoms with E-state index in [4.69, 9.17) is 11.6 Å². The highest BCUT2D eigenvalue weighted by molar-refractivity contribution is 7.99. The van der Waals surface area contributed by atoms with Crippen LogP contribution in [0.3, 0.4) is 0 Å². The van der Waals surface area contributed by atoms with Crippen molar-refractivity contribution in [1.29, 1.82) is 0 Å². The van der Waals surface area contributed by atoms with Gasteiger partial charge in [0, 0.05) is 31.4 Å². The van der Waals surface area contributed by atoms with Gasteiger partial charge in [0.1, 0.15) is 0 Å². The van der Waals surface area contributed by atoms with Crippen molar-refractivity contribution in [3.63, 3.8) is 0 Å². The summed E-state index contributed by atoms with van der Waals surface area (Å²) in [5, 5.41) is 4.28. The largest absolute Gasteiger partial charge is 0.370 e. The molecular formula is C15H23ClN2S. The molecule has 1 saturated heterocycles. The molecule has 0 bridgehead atoms. The fraction of sp³-hybridized carbons (Fsp3) is 0.600. The third-order valence-corrected chi connectivity index (χ3v) is 5.01. The minimum atomic E-state index is 0.497. The highest BCUT2D eigenvalue weighted by atomic mass is 35.5. The number of anilines is 1. The lowest BCUT2D eigenvalue weighted by atomic mass is 10.1. The zero-order valence-corrected chi connectivity index (χ0v) is 13.5. The van der Waals surface area contributed by atoms with E-state index in [0.717, 1.165) is 17.3 Å². The second kappa shape index (κ2) is 6.87. The first-order valence-corrected chi connectivity index (χ1v) is 8.43. The summed E-state index contributed by atoms with van der Waals surface area (Å²) < 4.78 is 0. The fourth-order valence-corrected chi connectivity index (χ4v) is 3.90. The van der Waals surface area contributed by atoms with E-state index in [1.54, 1.807) is 0 Å². The summed E-state index contributed by atoms with van der Waals surface area (Å²) in [5.74, 6) is 2.48. The van der Waals surface area contributed by atoms with Crippen molar-refractivity contribution in [2.75, 3.05) is 23.5 Å². The van der Waals surface area contributed by atoms with Gasteiger partial charge in [-0.3, -0.25) is 0 Å². The van der Waals surface area contributed by atoms with Crippen LogP contribution in [0.2, 0.25) is 5.02 Å². The van der Waals surface area contributed by atoms with E-state index in [2.05, 4.69) is 49.3 Å². The predicted molar refractivity (Wildman–Crippen MR) is 87.6 cm³/mol. The molecule has 1 N–H and O–H groups in total. The standard InChI is InChI=1S/C15H23ClN2S/c1-11(2)17-9-12-4-5-15(14(16)8-12)18(3)13-6-7-19-10-13/h4-5,8,11,13,17H,6-7,9-10H2,1-3H3. The van der Waals surface area contributed by atoms with Crippen LogP contribution in [0.1, 0.15) is 25.8 Å². The van der Waals surface area contributed by atoms with Crippen LogP contribution in [0, 0.1) is 0 Å². The van der Waals surface area contributed by atoms with Crippen LogP contribution in [-0.4, -0.2) is 30.6 Å². The molecule has 0 aromatic heterocycles. The first-order valence-electron chi connectivity index (χ1n) is 6.90. The molecule has 0 aliphatic carbocycles. The molecule has 1 aromatic carbocycles. The first kappa shape index (κ1) is 15.0. The summed E-state index contributed by atoms with van der Waals surface area (Å²) in [6.45, 7) is 5.18. The van der Waals surface area contributed by atoms with Crippen LogP contribution in [0.4, 0.5) is 5.69 Å². The normalized spacial score (nSPS) is 19.1. The van der Waals surface area contributed by atoms with Gasteiger partial charge in [-0.25, -0.2) is 0 Å². The molecule has 4 heteroatoms. The third-order valence-electron chi connectivity index (χ3n) is 3.56. The van der Waals surface area contributed by atoms with Gasteiger partial charge in [-0.1, -0.05) is 31.5 Å². The Kier molecular flexibility index (Phi) is 5.43. The smallest absolute Gasteiger partial charge is 0.0642 e. The van der Waals surface area contributed by atoms with Crippen LogP contribution in [-0.2, 0) is 6.54 Å². The van der Waals surface area contributed by atoms with E-state index in [1.165, 1.54) is 23.5 Å². The molecule has 19 heavy (non-hydrogen) atoms. The lowest BCUT2D eigenvalue weighted by Crippen LogP contribution is -2.31. The molecule has 106 valence electrons. The number of thioether (sulfide) groups is 1. The molecule has 1 atom stereocenters. The molecule has 1 aliphatic rings. The van der Waals surface area contributed by atoms with Crippen molar-refractivity contribution in [2.45, 2.75) is 38.9 Å². The van der Waals surface area contributed by atoms with Crippen molar-refractivity contribution >= 4 is 29.1 Å². The highest BCUT2D eigenvalue weighted by Crippen LogP contribution is 2.31. The van der Waals surface area contributed by atoms with Crippen LogP contribution in [0.15, 0.2) is 18.2 Å². The molecular weight excluding hydrogens is 276 g/mol. The van der Waals surface area contributed by atoms with E-state index >= 15 is 0 Å². The number of nitrogens with zero attached hydrogens (tertiary/aromatic N) is 1. The average molecular weight is 299 g/mol. The van der Waals surface area contributed by atoms with Gasteiger partial charge in [0.2, 0.25) is 0 Å². The summed E-state index contributed by atoms with van der Waals surface area (Å²) in [5.41, 5.74) is 2.40. The first-order chi connectivity index (χ1) is 9.08. The second-order valence-corrected chi connectivity index (χ2v) is 7.01. The van der Waals surface area contributed by atoms with Crippen molar-refractivity contribution in [1.82, 2.24) is 5.32 Å². The van der Waals surface area contributed by atoms with Crippen LogP contribution in [0.5, 0.6) is 0 Å². The fourth-order valence-electron chi connectivity index (χ4n) is 2.29. The van der Waals surface area contributed by atoms with Gasteiger partial charge in [0.25, 0.3) is 0 Å². The molecule has 0 radical (unpaired) electrons. The zero-order chi connectivity index (χ0) is 13.8. The number of rotatable bonds is 5. The Morgan fingerprint density at radius 3 is 2.84 bits per heavy atom. The van der Waals surface area contributed by atoms with Crippen LogP contribution in [0.25, 0.3) is 0 Å². The molecule has 2 rings (SSSR count). The minimum absolute atomic E-state index is 0.497. The van der Waals surface area contributed by atoms with Gasteiger partial charge >= 0.3 is 0 Å². The van der Waals surface area contributed by atoms with Crippen LogP contribution < -0.4 is 10.2 Å². The van der Waals surface area contributed by atoms with E-state index in [0.29, 0.717) is 12.1 Å². The van der Waals surface area contributed by atoms with Gasteiger partial charge < -0.3 is 10.2 Å². The van der Waals surface area contributed by atoms with Gasteiger partial charge in [-0.15, -0.1) is 0 Å². The van der Waals surface area contributed by atoms with Crippen molar-refractivity contribution < 1.29 is 0 Å². The summed E-state index contributed by atoms with van der Waals surface area (Å²) in [6.07, 6.45) is 1.26. The SMILES string of the molecule is CC(C)NCc1ccc(N(C)C2CCSC2)c(Cl)c1. The van der Waals surface area contributed by atoms with Crippen molar-refractivity contribution in [3.8, 4) is 0 Å². The Balaban J connectivity index is 2.05.